The minimum absolute atomic E-state index is 0.235. The fourth-order valence-corrected chi connectivity index (χ4v) is 1.73. The van der Waals surface area contributed by atoms with Crippen molar-refractivity contribution in [1.29, 1.82) is 0 Å². The van der Waals surface area contributed by atoms with Crippen LogP contribution in [0, 0.1) is 0 Å². The Morgan fingerprint density at radius 3 is 2.90 bits per heavy atom. The van der Waals surface area contributed by atoms with Gasteiger partial charge in [-0.3, -0.25) is 14.5 Å². The van der Waals surface area contributed by atoms with Gasteiger partial charge in [-0.1, -0.05) is 6.92 Å². The molecule has 2 rings (SSSR count). The summed E-state index contributed by atoms with van der Waals surface area (Å²) in [4.78, 5) is 16.2. The van der Waals surface area contributed by atoms with E-state index >= 15 is 0 Å². The number of nitrogens with zero attached hydrogens (tertiary/aromatic N) is 3. The molecule has 0 aromatic carbocycles. The number of carbonyl (C=O) groups is 1. The smallest absolute Gasteiger partial charge is 0.274 e. The molecule has 0 aliphatic rings. The normalized spacial score (nSPS) is 10.3. The van der Waals surface area contributed by atoms with Crippen LogP contribution in [-0.2, 0) is 6.54 Å². The maximum atomic E-state index is 12.1. The Balaban J connectivity index is 2.04. The number of aromatic nitrogens is 3. The van der Waals surface area contributed by atoms with Crippen LogP contribution in [-0.4, -0.2) is 27.2 Å². The van der Waals surface area contributed by atoms with Gasteiger partial charge < -0.3 is 10.6 Å². The maximum absolute atomic E-state index is 12.1. The summed E-state index contributed by atoms with van der Waals surface area (Å²) in [6, 6.07) is 3.59. The van der Waals surface area contributed by atoms with Crippen molar-refractivity contribution in [1.82, 2.24) is 14.8 Å². The number of aryl methyl sites for hydroxylation is 1. The van der Waals surface area contributed by atoms with Gasteiger partial charge in [0.25, 0.3) is 5.91 Å². The number of carbonyl (C=O) groups excluding carboxylic acids is 1. The predicted molar refractivity (Wildman–Crippen MR) is 78.9 cm³/mol. The van der Waals surface area contributed by atoms with E-state index in [1.165, 1.54) is 0 Å². The monoisotopic (exact) mass is 273 g/mol. The van der Waals surface area contributed by atoms with Crippen molar-refractivity contribution >= 4 is 17.3 Å². The molecule has 106 valence electrons. The molecular weight excluding hydrogens is 254 g/mol. The van der Waals surface area contributed by atoms with Gasteiger partial charge in [-0.25, -0.2) is 0 Å². The van der Waals surface area contributed by atoms with Crippen LogP contribution in [0.2, 0.25) is 0 Å². The molecule has 20 heavy (non-hydrogen) atoms. The molecule has 2 aromatic heterocycles. The van der Waals surface area contributed by atoms with Crippen molar-refractivity contribution in [2.24, 2.45) is 0 Å². The number of pyridine rings is 1. The van der Waals surface area contributed by atoms with Crippen LogP contribution in [0.25, 0.3) is 0 Å². The fraction of sp³-hybridized carbons (Fsp3) is 0.357. The minimum atomic E-state index is -0.235. The van der Waals surface area contributed by atoms with Crippen LogP contribution in [0.5, 0.6) is 0 Å². The average molecular weight is 273 g/mol. The number of anilines is 2. The summed E-state index contributed by atoms with van der Waals surface area (Å²) in [7, 11) is 0. The molecule has 0 saturated heterocycles. The summed E-state index contributed by atoms with van der Waals surface area (Å²) in [5.74, 6) is -0.235. The van der Waals surface area contributed by atoms with Crippen molar-refractivity contribution in [2.45, 2.75) is 26.8 Å². The molecule has 1 amide bonds. The first kappa shape index (κ1) is 14.0. The van der Waals surface area contributed by atoms with Gasteiger partial charge in [0, 0.05) is 31.2 Å². The predicted octanol–water partition coefficient (Wildman–Crippen LogP) is 2.37. The highest BCUT2D eigenvalue weighted by atomic mass is 16.1. The van der Waals surface area contributed by atoms with Gasteiger partial charge in [0.05, 0.1) is 11.9 Å². The van der Waals surface area contributed by atoms with Crippen LogP contribution in [0.3, 0.4) is 0 Å². The highest BCUT2D eigenvalue weighted by Gasteiger charge is 2.09. The summed E-state index contributed by atoms with van der Waals surface area (Å²) in [5.41, 5.74) is 1.96. The standard InChI is InChI=1S/C14H19N5O/c1-3-6-15-11-5-7-16-13(8-11)14(20)18-12-9-17-19(4-2)10-12/h5,7-10H,3-4,6H2,1-2H3,(H,15,16)(H,18,20). The van der Waals surface area contributed by atoms with Gasteiger partial charge in [-0.2, -0.15) is 5.10 Å². The van der Waals surface area contributed by atoms with E-state index < -0.39 is 0 Å². The third-order valence-electron chi connectivity index (χ3n) is 2.79. The third-order valence-corrected chi connectivity index (χ3v) is 2.79. The van der Waals surface area contributed by atoms with E-state index in [0.717, 1.165) is 25.2 Å². The number of hydrogen-bond donors (Lipinski definition) is 2. The molecule has 0 bridgehead atoms. The van der Waals surface area contributed by atoms with Crippen LogP contribution in [0.4, 0.5) is 11.4 Å². The van der Waals surface area contributed by atoms with Crippen LogP contribution in [0.1, 0.15) is 30.8 Å². The molecule has 0 aliphatic heterocycles. The fourth-order valence-electron chi connectivity index (χ4n) is 1.73. The first-order valence-corrected chi connectivity index (χ1v) is 6.76. The lowest BCUT2D eigenvalue weighted by molar-refractivity contribution is 0.102. The Morgan fingerprint density at radius 2 is 2.20 bits per heavy atom. The Kier molecular flexibility index (Phi) is 4.70. The maximum Gasteiger partial charge on any atom is 0.274 e. The lowest BCUT2D eigenvalue weighted by Gasteiger charge is -2.06. The molecule has 0 saturated carbocycles. The minimum Gasteiger partial charge on any atom is -0.385 e. The zero-order chi connectivity index (χ0) is 14.4. The van der Waals surface area contributed by atoms with Gasteiger partial charge in [0.1, 0.15) is 5.69 Å². The molecule has 0 unspecified atom stereocenters. The molecule has 0 atom stereocenters. The van der Waals surface area contributed by atoms with E-state index in [9.17, 15) is 4.79 Å². The quantitative estimate of drug-likeness (QED) is 0.847. The topological polar surface area (TPSA) is 71.8 Å². The first-order valence-electron chi connectivity index (χ1n) is 6.76. The Labute approximate surface area is 118 Å². The lowest BCUT2D eigenvalue weighted by Crippen LogP contribution is -2.13. The largest absolute Gasteiger partial charge is 0.385 e. The summed E-state index contributed by atoms with van der Waals surface area (Å²) >= 11 is 0. The second-order valence-corrected chi connectivity index (χ2v) is 4.40. The lowest BCUT2D eigenvalue weighted by atomic mass is 10.3. The first-order chi connectivity index (χ1) is 9.72. The highest BCUT2D eigenvalue weighted by Crippen LogP contribution is 2.11. The van der Waals surface area contributed by atoms with Crippen LogP contribution < -0.4 is 10.6 Å². The molecular formula is C14H19N5O. The van der Waals surface area contributed by atoms with Gasteiger partial charge in [-0.05, 0) is 25.5 Å². The van der Waals surface area contributed by atoms with E-state index in [2.05, 4.69) is 27.6 Å². The number of rotatable bonds is 6. The zero-order valence-electron chi connectivity index (χ0n) is 11.8. The highest BCUT2D eigenvalue weighted by molar-refractivity contribution is 6.03. The Bertz CT molecular complexity index is 578. The van der Waals surface area contributed by atoms with Crippen LogP contribution in [0.15, 0.2) is 30.7 Å². The summed E-state index contributed by atoms with van der Waals surface area (Å²) in [6.45, 7) is 5.72. The van der Waals surface area contributed by atoms with Gasteiger partial charge in [0.15, 0.2) is 0 Å². The van der Waals surface area contributed by atoms with Crippen molar-refractivity contribution in [3.63, 3.8) is 0 Å². The van der Waals surface area contributed by atoms with Crippen molar-refractivity contribution < 1.29 is 4.79 Å². The Hall–Kier alpha value is -2.37. The van der Waals surface area contributed by atoms with Gasteiger partial charge in [-0.15, -0.1) is 0 Å². The number of hydrogen-bond acceptors (Lipinski definition) is 4. The number of nitrogens with one attached hydrogen (secondary N) is 2. The SMILES string of the molecule is CCCNc1ccnc(C(=O)Nc2cnn(CC)c2)c1. The molecule has 2 aromatic rings. The second kappa shape index (κ2) is 6.70. The van der Waals surface area contributed by atoms with E-state index in [-0.39, 0.29) is 5.91 Å². The van der Waals surface area contributed by atoms with E-state index in [1.807, 2.05) is 13.0 Å². The molecule has 6 nitrogen and oxygen atoms in total. The van der Waals surface area contributed by atoms with Crippen LogP contribution >= 0.6 is 0 Å². The van der Waals surface area contributed by atoms with E-state index in [4.69, 9.17) is 0 Å². The zero-order valence-corrected chi connectivity index (χ0v) is 11.8. The molecule has 2 N–H and O–H groups in total. The van der Waals surface area contributed by atoms with Gasteiger partial charge >= 0.3 is 0 Å². The van der Waals surface area contributed by atoms with E-state index in [0.29, 0.717) is 11.4 Å². The van der Waals surface area contributed by atoms with E-state index in [1.54, 1.807) is 29.3 Å². The third kappa shape index (κ3) is 3.57. The molecule has 0 aliphatic carbocycles. The summed E-state index contributed by atoms with van der Waals surface area (Å²) in [5, 5.41) is 10.1. The second-order valence-electron chi connectivity index (χ2n) is 4.40. The summed E-state index contributed by atoms with van der Waals surface area (Å²) < 4.78 is 1.75. The molecule has 0 spiro atoms. The molecule has 0 fully saturated rings. The Morgan fingerprint density at radius 1 is 1.35 bits per heavy atom. The number of amides is 1. The molecule has 2 heterocycles. The van der Waals surface area contributed by atoms with Crippen molar-refractivity contribution in [2.75, 3.05) is 17.2 Å². The summed E-state index contributed by atoms with van der Waals surface area (Å²) in [6.07, 6.45) is 6.07. The van der Waals surface area contributed by atoms with Crippen molar-refractivity contribution in [3.8, 4) is 0 Å². The van der Waals surface area contributed by atoms with Gasteiger partial charge in [0.2, 0.25) is 0 Å². The molecule has 0 radical (unpaired) electrons. The van der Waals surface area contributed by atoms with Crippen molar-refractivity contribution in [3.05, 3.63) is 36.4 Å². The average Bonchev–Trinajstić information content (AvgIpc) is 2.93. The molecule has 6 heteroatoms.